The minimum Gasteiger partial charge on any atom is -0.0654 e. The molecule has 0 N–H and O–H groups in total. The molecule has 0 aliphatic heterocycles. The molecule has 0 aromatic carbocycles. The van der Waals surface area contributed by atoms with Crippen molar-refractivity contribution in [2.24, 2.45) is 5.41 Å². The van der Waals surface area contributed by atoms with Crippen LogP contribution in [0.3, 0.4) is 0 Å². The lowest BCUT2D eigenvalue weighted by Gasteiger charge is -2.16. The third-order valence-electron chi connectivity index (χ3n) is 1.78. The first-order chi connectivity index (χ1) is 4.56. The molecule has 0 nitrogen and oxygen atoms in total. The van der Waals surface area contributed by atoms with Crippen LogP contribution in [-0.4, -0.2) is 9.52 Å². The van der Waals surface area contributed by atoms with E-state index in [-0.39, 0.29) is 0 Å². The summed E-state index contributed by atoms with van der Waals surface area (Å²) in [5, 5.41) is 0. The van der Waals surface area contributed by atoms with Gasteiger partial charge in [0.25, 0.3) is 0 Å². The predicted octanol–water partition coefficient (Wildman–Crippen LogP) is 2.84. The number of rotatable bonds is 4. The van der Waals surface area contributed by atoms with Crippen molar-refractivity contribution in [3.05, 3.63) is 0 Å². The smallest absolute Gasteiger partial charge is 0.0203 e. The Kier molecular flexibility index (Phi) is 5.05. The molecule has 0 aromatic heterocycles. The summed E-state index contributed by atoms with van der Waals surface area (Å²) in [6, 6.07) is 3.08. The number of unbranched alkanes of at least 4 members (excludes halogenated alkanes) is 1. The topological polar surface area (TPSA) is 0 Å². The van der Waals surface area contributed by atoms with Gasteiger partial charge < -0.3 is 0 Å². The molecule has 0 amide bonds. The zero-order valence-electron chi connectivity index (χ0n) is 8.04. The summed E-state index contributed by atoms with van der Waals surface area (Å²) >= 11 is 0. The molecule has 0 radical (unpaired) electrons. The van der Waals surface area contributed by atoms with Crippen LogP contribution in [0.1, 0.15) is 40.5 Å². The Hall–Kier alpha value is 0.217. The van der Waals surface area contributed by atoms with E-state index in [2.05, 4.69) is 27.7 Å². The first-order valence-electron chi connectivity index (χ1n) is 4.56. The first-order valence-corrected chi connectivity index (χ1v) is 6.56. The molecule has 0 atom stereocenters. The van der Waals surface area contributed by atoms with Crippen molar-refractivity contribution >= 4 is 9.52 Å². The van der Waals surface area contributed by atoms with Gasteiger partial charge in [0.15, 0.2) is 0 Å². The second-order valence-corrected chi connectivity index (χ2v) is 6.29. The van der Waals surface area contributed by atoms with E-state index in [1.165, 1.54) is 18.9 Å². The van der Waals surface area contributed by atoms with Crippen LogP contribution in [0.4, 0.5) is 0 Å². The van der Waals surface area contributed by atoms with E-state index >= 15 is 0 Å². The molecule has 0 heterocycles. The molecule has 0 unspecified atom stereocenters. The zero-order chi connectivity index (χ0) is 8.04. The maximum atomic E-state index is 2.35. The maximum Gasteiger partial charge on any atom is 0.0203 e. The Morgan fingerprint density at radius 1 is 1.20 bits per heavy atom. The summed E-state index contributed by atoms with van der Waals surface area (Å²) in [5.41, 5.74) is 0.611. The van der Waals surface area contributed by atoms with Crippen LogP contribution >= 0.6 is 0 Å². The van der Waals surface area contributed by atoms with Gasteiger partial charge in [0, 0.05) is 9.52 Å². The SMILES string of the molecule is CCCC[SiH2]CC(C)(C)C. The Morgan fingerprint density at radius 3 is 2.20 bits per heavy atom. The largest absolute Gasteiger partial charge is 0.0654 e. The van der Waals surface area contributed by atoms with E-state index in [1.807, 2.05) is 0 Å². The highest BCUT2D eigenvalue weighted by molar-refractivity contribution is 6.35. The fourth-order valence-corrected chi connectivity index (χ4v) is 3.25. The second-order valence-electron chi connectivity index (χ2n) is 4.37. The van der Waals surface area contributed by atoms with E-state index in [9.17, 15) is 0 Å². The molecule has 0 bridgehead atoms. The first kappa shape index (κ1) is 10.2. The summed E-state index contributed by atoms with van der Waals surface area (Å²) in [6.07, 6.45) is 2.86. The Bertz CT molecular complexity index is 71.3. The lowest BCUT2D eigenvalue weighted by atomic mass is 10.0. The van der Waals surface area contributed by atoms with Crippen molar-refractivity contribution in [1.82, 2.24) is 0 Å². The average molecular weight is 158 g/mol. The highest BCUT2D eigenvalue weighted by atomic mass is 28.2. The van der Waals surface area contributed by atoms with Crippen LogP contribution < -0.4 is 0 Å². The maximum absolute atomic E-state index is 2.35. The van der Waals surface area contributed by atoms with E-state index in [0.29, 0.717) is 14.9 Å². The highest BCUT2D eigenvalue weighted by Crippen LogP contribution is 2.19. The minimum absolute atomic E-state index is 0.296. The quantitative estimate of drug-likeness (QED) is 0.436. The van der Waals surface area contributed by atoms with Gasteiger partial charge in [-0.2, -0.15) is 0 Å². The number of hydrogen-bond donors (Lipinski definition) is 0. The molecule has 0 saturated heterocycles. The Morgan fingerprint density at radius 2 is 1.80 bits per heavy atom. The fraction of sp³-hybridized carbons (Fsp3) is 1.00. The van der Waals surface area contributed by atoms with Crippen molar-refractivity contribution in [3.8, 4) is 0 Å². The lowest BCUT2D eigenvalue weighted by Crippen LogP contribution is -2.07. The molecular formula is C9H22Si. The summed E-state index contributed by atoms with van der Waals surface area (Å²) in [5.74, 6) is 0. The molecule has 0 fully saturated rings. The standard InChI is InChI=1S/C9H22Si/c1-5-6-7-10-8-9(2,3)4/h5-8,10H2,1-4H3. The van der Waals surface area contributed by atoms with Gasteiger partial charge in [0.05, 0.1) is 0 Å². The van der Waals surface area contributed by atoms with E-state index in [1.54, 1.807) is 6.04 Å². The van der Waals surface area contributed by atoms with Crippen LogP contribution in [-0.2, 0) is 0 Å². The van der Waals surface area contributed by atoms with Crippen molar-refractivity contribution < 1.29 is 0 Å². The molecule has 0 rings (SSSR count). The molecule has 0 spiro atoms. The van der Waals surface area contributed by atoms with Gasteiger partial charge in [0.1, 0.15) is 0 Å². The normalized spacial score (nSPS) is 13.2. The Balaban J connectivity index is 3.04. The molecule has 10 heavy (non-hydrogen) atoms. The van der Waals surface area contributed by atoms with E-state index in [4.69, 9.17) is 0 Å². The molecular weight excluding hydrogens is 136 g/mol. The summed E-state index contributed by atoms with van der Waals surface area (Å²) in [7, 11) is 0.296. The summed E-state index contributed by atoms with van der Waals surface area (Å²) in [4.78, 5) is 0. The Labute approximate surface area is 68.2 Å². The third kappa shape index (κ3) is 8.22. The summed E-state index contributed by atoms with van der Waals surface area (Å²) < 4.78 is 0. The molecule has 1 heteroatoms. The van der Waals surface area contributed by atoms with E-state index in [0.717, 1.165) is 0 Å². The molecule has 62 valence electrons. The molecule has 0 aliphatic rings. The van der Waals surface area contributed by atoms with Gasteiger partial charge in [-0.1, -0.05) is 52.6 Å². The lowest BCUT2D eigenvalue weighted by molar-refractivity contribution is 0.466. The summed E-state index contributed by atoms with van der Waals surface area (Å²) in [6.45, 7) is 9.34. The predicted molar refractivity (Wildman–Crippen MR) is 52.5 cm³/mol. The molecule has 0 aliphatic carbocycles. The second kappa shape index (κ2) is 4.95. The minimum atomic E-state index is 0.296. The van der Waals surface area contributed by atoms with E-state index < -0.39 is 0 Å². The van der Waals surface area contributed by atoms with Gasteiger partial charge in [-0.05, 0) is 5.41 Å². The van der Waals surface area contributed by atoms with Gasteiger partial charge in [0.2, 0.25) is 0 Å². The number of hydrogen-bond acceptors (Lipinski definition) is 0. The van der Waals surface area contributed by atoms with Gasteiger partial charge in [-0.3, -0.25) is 0 Å². The van der Waals surface area contributed by atoms with Crippen LogP contribution in [0, 0.1) is 5.41 Å². The van der Waals surface area contributed by atoms with Crippen molar-refractivity contribution in [2.75, 3.05) is 0 Å². The van der Waals surface area contributed by atoms with Crippen LogP contribution in [0.15, 0.2) is 0 Å². The van der Waals surface area contributed by atoms with Crippen molar-refractivity contribution in [2.45, 2.75) is 52.6 Å². The van der Waals surface area contributed by atoms with Crippen LogP contribution in [0.2, 0.25) is 12.1 Å². The fourth-order valence-electron chi connectivity index (χ4n) is 1.08. The zero-order valence-corrected chi connectivity index (χ0v) is 9.45. The van der Waals surface area contributed by atoms with Gasteiger partial charge >= 0.3 is 0 Å². The monoisotopic (exact) mass is 158 g/mol. The van der Waals surface area contributed by atoms with Crippen molar-refractivity contribution in [1.29, 1.82) is 0 Å². The highest BCUT2D eigenvalue weighted by Gasteiger charge is 2.08. The average Bonchev–Trinajstić information content (AvgIpc) is 1.78. The third-order valence-corrected chi connectivity index (χ3v) is 4.63. The molecule has 0 aromatic rings. The molecule has 0 saturated carbocycles. The van der Waals surface area contributed by atoms with Gasteiger partial charge in [-0.25, -0.2) is 0 Å². The van der Waals surface area contributed by atoms with Crippen LogP contribution in [0.5, 0.6) is 0 Å². The van der Waals surface area contributed by atoms with Gasteiger partial charge in [-0.15, -0.1) is 0 Å². The van der Waals surface area contributed by atoms with Crippen LogP contribution in [0.25, 0.3) is 0 Å². The van der Waals surface area contributed by atoms with Crippen molar-refractivity contribution in [3.63, 3.8) is 0 Å².